The number of amides is 1. The van der Waals surface area contributed by atoms with Crippen LogP contribution in [0.25, 0.3) is 0 Å². The van der Waals surface area contributed by atoms with Gasteiger partial charge in [-0.3, -0.25) is 4.79 Å². The zero-order chi connectivity index (χ0) is 14.4. The Morgan fingerprint density at radius 2 is 1.75 bits per heavy atom. The summed E-state index contributed by atoms with van der Waals surface area (Å²) in [6.45, 7) is 4.32. The molecule has 0 aromatic heterocycles. The molecule has 0 aliphatic carbocycles. The molecule has 1 aliphatic heterocycles. The third-order valence-electron chi connectivity index (χ3n) is 4.15. The first-order chi connectivity index (χ1) is 9.70. The van der Waals surface area contributed by atoms with Crippen molar-refractivity contribution in [3.63, 3.8) is 0 Å². The van der Waals surface area contributed by atoms with Gasteiger partial charge in [-0.2, -0.15) is 0 Å². The fourth-order valence-electron chi connectivity index (χ4n) is 2.83. The molecule has 1 amide bonds. The van der Waals surface area contributed by atoms with E-state index >= 15 is 0 Å². The number of aryl methyl sites for hydroxylation is 1. The number of likely N-dealkylation sites (tertiary alicyclic amines) is 1. The largest absolute Gasteiger partial charge is 0.342 e. The van der Waals surface area contributed by atoms with E-state index in [-0.39, 0.29) is 11.8 Å². The van der Waals surface area contributed by atoms with Gasteiger partial charge in [0, 0.05) is 19.6 Å². The van der Waals surface area contributed by atoms with Gasteiger partial charge in [0.2, 0.25) is 5.91 Å². The molecule has 3 nitrogen and oxygen atoms in total. The summed E-state index contributed by atoms with van der Waals surface area (Å²) in [5.74, 6) is 0.172. The first kappa shape index (κ1) is 15.0. The maximum Gasteiger partial charge on any atom is 0.227 e. The van der Waals surface area contributed by atoms with Crippen molar-refractivity contribution >= 4 is 5.91 Å². The summed E-state index contributed by atoms with van der Waals surface area (Å²) in [6.07, 6.45) is 5.51. The number of carbonyl (C=O) groups excluding carboxylic acids is 1. The summed E-state index contributed by atoms with van der Waals surface area (Å²) in [7, 11) is 0. The van der Waals surface area contributed by atoms with Crippen LogP contribution in [0.3, 0.4) is 0 Å². The minimum Gasteiger partial charge on any atom is -0.342 e. The molecule has 2 rings (SSSR count). The Kier molecular flexibility index (Phi) is 5.60. The highest BCUT2D eigenvalue weighted by Crippen LogP contribution is 2.16. The van der Waals surface area contributed by atoms with Gasteiger partial charge in [0.15, 0.2) is 0 Å². The van der Waals surface area contributed by atoms with Gasteiger partial charge in [-0.25, -0.2) is 0 Å². The van der Waals surface area contributed by atoms with E-state index in [9.17, 15) is 4.79 Å². The molecule has 0 radical (unpaired) electrons. The quantitative estimate of drug-likeness (QED) is 0.917. The van der Waals surface area contributed by atoms with Gasteiger partial charge in [-0.05, 0) is 31.7 Å². The average molecular weight is 274 g/mol. The van der Waals surface area contributed by atoms with E-state index in [4.69, 9.17) is 5.73 Å². The second-order valence-corrected chi connectivity index (χ2v) is 5.86. The van der Waals surface area contributed by atoms with Crippen LogP contribution in [0.4, 0.5) is 0 Å². The van der Waals surface area contributed by atoms with Gasteiger partial charge in [-0.15, -0.1) is 0 Å². The topological polar surface area (TPSA) is 46.3 Å². The maximum absolute atomic E-state index is 12.6. The van der Waals surface area contributed by atoms with Crippen LogP contribution >= 0.6 is 0 Å². The molecule has 1 fully saturated rings. The molecule has 0 spiro atoms. The highest BCUT2D eigenvalue weighted by molar-refractivity contribution is 5.79. The number of hydrogen-bond acceptors (Lipinski definition) is 2. The Labute approximate surface area is 122 Å². The predicted molar refractivity (Wildman–Crippen MR) is 82.5 cm³/mol. The lowest BCUT2D eigenvalue weighted by Gasteiger charge is -2.25. The third kappa shape index (κ3) is 4.07. The SMILES string of the molecule is Cc1ccc(CC(CN)C(=O)N2CCCCCC2)cc1. The van der Waals surface area contributed by atoms with Crippen molar-refractivity contribution in [3.05, 3.63) is 35.4 Å². The summed E-state index contributed by atoms with van der Waals surface area (Å²) in [5, 5.41) is 0. The van der Waals surface area contributed by atoms with Crippen LogP contribution in [-0.2, 0) is 11.2 Å². The Morgan fingerprint density at radius 3 is 2.30 bits per heavy atom. The van der Waals surface area contributed by atoms with Crippen LogP contribution in [0.15, 0.2) is 24.3 Å². The van der Waals surface area contributed by atoms with Gasteiger partial charge < -0.3 is 10.6 Å². The Balaban J connectivity index is 1.99. The van der Waals surface area contributed by atoms with Crippen LogP contribution < -0.4 is 5.73 Å². The van der Waals surface area contributed by atoms with E-state index in [0.29, 0.717) is 6.54 Å². The zero-order valence-electron chi connectivity index (χ0n) is 12.5. The lowest BCUT2D eigenvalue weighted by Crippen LogP contribution is -2.40. The number of hydrogen-bond donors (Lipinski definition) is 1. The maximum atomic E-state index is 12.6. The van der Waals surface area contributed by atoms with Gasteiger partial charge in [0.25, 0.3) is 0 Å². The molecule has 110 valence electrons. The fourth-order valence-corrected chi connectivity index (χ4v) is 2.83. The molecule has 1 aromatic carbocycles. The van der Waals surface area contributed by atoms with Crippen molar-refractivity contribution in [2.24, 2.45) is 11.7 Å². The third-order valence-corrected chi connectivity index (χ3v) is 4.15. The molecule has 1 heterocycles. The lowest BCUT2D eigenvalue weighted by atomic mass is 9.97. The van der Waals surface area contributed by atoms with Crippen LogP contribution in [0, 0.1) is 12.8 Å². The van der Waals surface area contributed by atoms with Crippen LogP contribution in [0.5, 0.6) is 0 Å². The highest BCUT2D eigenvalue weighted by atomic mass is 16.2. The average Bonchev–Trinajstić information content (AvgIpc) is 2.75. The zero-order valence-corrected chi connectivity index (χ0v) is 12.5. The van der Waals surface area contributed by atoms with E-state index in [0.717, 1.165) is 32.4 Å². The fraction of sp³-hybridized carbons (Fsp3) is 0.588. The predicted octanol–water partition coefficient (Wildman–Crippen LogP) is 2.52. The molecule has 1 unspecified atom stereocenters. The monoisotopic (exact) mass is 274 g/mol. The van der Waals surface area contributed by atoms with Crippen molar-refractivity contribution in [2.75, 3.05) is 19.6 Å². The second-order valence-electron chi connectivity index (χ2n) is 5.86. The van der Waals surface area contributed by atoms with Crippen molar-refractivity contribution in [3.8, 4) is 0 Å². The van der Waals surface area contributed by atoms with Gasteiger partial charge in [-0.1, -0.05) is 42.7 Å². The lowest BCUT2D eigenvalue weighted by molar-refractivity contribution is -0.135. The summed E-state index contributed by atoms with van der Waals surface area (Å²) in [5.41, 5.74) is 8.30. The van der Waals surface area contributed by atoms with E-state index in [2.05, 4.69) is 31.2 Å². The Hall–Kier alpha value is -1.35. The minimum atomic E-state index is -0.0733. The van der Waals surface area contributed by atoms with E-state index in [1.54, 1.807) is 0 Å². The molecular formula is C17H26N2O. The first-order valence-corrected chi connectivity index (χ1v) is 7.75. The summed E-state index contributed by atoms with van der Waals surface area (Å²) >= 11 is 0. The van der Waals surface area contributed by atoms with E-state index in [1.807, 2.05) is 4.90 Å². The molecule has 1 atom stereocenters. The number of nitrogens with zero attached hydrogens (tertiary/aromatic N) is 1. The minimum absolute atomic E-state index is 0.0733. The second kappa shape index (κ2) is 7.44. The Morgan fingerprint density at radius 1 is 1.15 bits per heavy atom. The highest BCUT2D eigenvalue weighted by Gasteiger charge is 2.23. The van der Waals surface area contributed by atoms with Gasteiger partial charge in [0.1, 0.15) is 0 Å². The number of nitrogens with two attached hydrogens (primary N) is 1. The van der Waals surface area contributed by atoms with E-state index < -0.39 is 0 Å². The molecule has 2 N–H and O–H groups in total. The van der Waals surface area contributed by atoms with Crippen molar-refractivity contribution < 1.29 is 4.79 Å². The van der Waals surface area contributed by atoms with Gasteiger partial charge in [0.05, 0.1) is 5.92 Å². The van der Waals surface area contributed by atoms with E-state index in [1.165, 1.54) is 24.0 Å². The molecule has 1 aliphatic rings. The summed E-state index contributed by atoms with van der Waals surface area (Å²) in [4.78, 5) is 14.6. The molecule has 0 saturated carbocycles. The molecule has 1 aromatic rings. The standard InChI is InChI=1S/C17H26N2O/c1-14-6-8-15(9-7-14)12-16(13-18)17(20)19-10-4-2-3-5-11-19/h6-9,16H,2-5,10-13,18H2,1H3. The Bertz CT molecular complexity index is 419. The van der Waals surface area contributed by atoms with Crippen LogP contribution in [0.1, 0.15) is 36.8 Å². The first-order valence-electron chi connectivity index (χ1n) is 7.75. The molecule has 1 saturated heterocycles. The normalized spacial score (nSPS) is 17.6. The number of benzene rings is 1. The molecule has 20 heavy (non-hydrogen) atoms. The van der Waals surface area contributed by atoms with Gasteiger partial charge >= 0.3 is 0 Å². The summed E-state index contributed by atoms with van der Waals surface area (Å²) < 4.78 is 0. The van der Waals surface area contributed by atoms with Crippen molar-refractivity contribution in [1.29, 1.82) is 0 Å². The number of rotatable bonds is 4. The smallest absolute Gasteiger partial charge is 0.227 e. The number of carbonyl (C=O) groups is 1. The molecule has 3 heteroatoms. The van der Waals surface area contributed by atoms with Crippen LogP contribution in [-0.4, -0.2) is 30.4 Å². The van der Waals surface area contributed by atoms with Crippen molar-refractivity contribution in [1.82, 2.24) is 4.90 Å². The molecular weight excluding hydrogens is 248 g/mol. The summed E-state index contributed by atoms with van der Waals surface area (Å²) in [6, 6.07) is 8.40. The van der Waals surface area contributed by atoms with Crippen molar-refractivity contribution in [2.45, 2.75) is 39.0 Å². The molecule has 0 bridgehead atoms. The van der Waals surface area contributed by atoms with Crippen LogP contribution in [0.2, 0.25) is 0 Å².